The summed E-state index contributed by atoms with van der Waals surface area (Å²) in [5.41, 5.74) is 2.60. The summed E-state index contributed by atoms with van der Waals surface area (Å²) < 4.78 is 16.7. The van der Waals surface area contributed by atoms with Gasteiger partial charge < -0.3 is 19.3 Å². The summed E-state index contributed by atoms with van der Waals surface area (Å²) in [5, 5.41) is 11.5. The van der Waals surface area contributed by atoms with Crippen molar-refractivity contribution in [3.05, 3.63) is 89.0 Å². The lowest BCUT2D eigenvalue weighted by Crippen LogP contribution is -2.29. The quantitative estimate of drug-likeness (QED) is 0.217. The molecular weight excluding hydrogens is 482 g/mol. The zero-order chi connectivity index (χ0) is 27.6. The van der Waals surface area contributed by atoms with E-state index in [1.54, 1.807) is 42.5 Å². The van der Waals surface area contributed by atoms with Crippen molar-refractivity contribution in [3.8, 4) is 17.2 Å². The van der Waals surface area contributed by atoms with Crippen molar-refractivity contribution in [3.63, 3.8) is 0 Å². The van der Waals surface area contributed by atoms with Crippen LogP contribution in [0, 0.1) is 0 Å². The van der Waals surface area contributed by atoms with E-state index in [0.29, 0.717) is 40.0 Å². The van der Waals surface area contributed by atoms with E-state index in [-0.39, 0.29) is 17.4 Å². The van der Waals surface area contributed by atoms with Crippen molar-refractivity contribution in [1.29, 1.82) is 0 Å². The van der Waals surface area contributed by atoms with Gasteiger partial charge in [0.1, 0.15) is 11.5 Å². The van der Waals surface area contributed by atoms with Crippen molar-refractivity contribution in [1.82, 2.24) is 0 Å². The van der Waals surface area contributed by atoms with Gasteiger partial charge in [-0.1, -0.05) is 44.2 Å². The van der Waals surface area contributed by atoms with Crippen LogP contribution in [0.25, 0.3) is 5.76 Å². The highest BCUT2D eigenvalue weighted by Crippen LogP contribution is 2.44. The maximum Gasteiger partial charge on any atom is 0.300 e. The molecule has 0 aliphatic carbocycles. The number of aliphatic hydroxyl groups excluding tert-OH is 1. The van der Waals surface area contributed by atoms with Gasteiger partial charge in [-0.3, -0.25) is 14.5 Å². The van der Waals surface area contributed by atoms with E-state index >= 15 is 0 Å². The minimum Gasteiger partial charge on any atom is -0.507 e. The van der Waals surface area contributed by atoms with E-state index in [4.69, 9.17) is 14.2 Å². The first-order valence-electron chi connectivity index (χ1n) is 12.6. The predicted octanol–water partition coefficient (Wildman–Crippen LogP) is 6.24. The van der Waals surface area contributed by atoms with E-state index in [1.165, 1.54) is 19.1 Å². The fourth-order valence-electron chi connectivity index (χ4n) is 4.60. The van der Waals surface area contributed by atoms with Crippen LogP contribution in [-0.4, -0.2) is 37.1 Å². The van der Waals surface area contributed by atoms with Gasteiger partial charge in [0.15, 0.2) is 11.5 Å². The van der Waals surface area contributed by atoms with Crippen molar-refractivity contribution >= 4 is 23.1 Å². The first-order valence-corrected chi connectivity index (χ1v) is 12.6. The zero-order valence-corrected chi connectivity index (χ0v) is 22.5. The average Bonchev–Trinajstić information content (AvgIpc) is 3.17. The highest BCUT2D eigenvalue weighted by molar-refractivity contribution is 6.51. The van der Waals surface area contributed by atoms with Gasteiger partial charge in [0.2, 0.25) is 0 Å². The summed E-state index contributed by atoms with van der Waals surface area (Å²) in [6, 6.07) is 18.7. The van der Waals surface area contributed by atoms with E-state index in [0.717, 1.165) is 5.56 Å². The number of methoxy groups -OCH3 is 2. The number of aliphatic hydroxyl groups is 1. The number of ether oxygens (including phenoxy) is 3. The highest BCUT2D eigenvalue weighted by Gasteiger charge is 2.47. The Hall–Kier alpha value is -4.26. The molecular formula is C31H33NO6. The number of ketones is 1. The third-order valence-corrected chi connectivity index (χ3v) is 6.48. The molecule has 0 radical (unpaired) electrons. The van der Waals surface area contributed by atoms with Crippen LogP contribution in [0.2, 0.25) is 0 Å². The fourth-order valence-corrected chi connectivity index (χ4v) is 4.60. The molecule has 1 N–H and O–H groups in total. The predicted molar refractivity (Wildman–Crippen MR) is 147 cm³/mol. The van der Waals surface area contributed by atoms with E-state index in [9.17, 15) is 14.7 Å². The Morgan fingerprint density at radius 1 is 0.868 bits per heavy atom. The van der Waals surface area contributed by atoms with Crippen LogP contribution in [-0.2, 0) is 9.59 Å². The minimum absolute atomic E-state index is 0.0168. The molecule has 3 aromatic rings. The molecule has 1 aliphatic heterocycles. The number of nitrogens with zero attached hydrogens (tertiary/aromatic N) is 1. The first kappa shape index (κ1) is 26.8. The van der Waals surface area contributed by atoms with Crippen LogP contribution in [0.4, 0.5) is 5.69 Å². The molecule has 7 nitrogen and oxygen atoms in total. The number of carbonyl (C=O) groups excluding carboxylic acids is 2. The van der Waals surface area contributed by atoms with Crippen molar-refractivity contribution in [2.45, 2.75) is 45.8 Å². The summed E-state index contributed by atoms with van der Waals surface area (Å²) in [5.74, 6) is 0.0278. The van der Waals surface area contributed by atoms with Crippen molar-refractivity contribution < 1.29 is 28.9 Å². The second kappa shape index (κ2) is 11.0. The minimum atomic E-state index is -0.894. The smallest absolute Gasteiger partial charge is 0.300 e. The maximum absolute atomic E-state index is 13.5. The molecule has 0 saturated carbocycles. The van der Waals surface area contributed by atoms with E-state index < -0.39 is 17.7 Å². The summed E-state index contributed by atoms with van der Waals surface area (Å²) in [6.45, 7) is 7.98. The molecule has 1 unspecified atom stereocenters. The second-order valence-corrected chi connectivity index (χ2v) is 9.72. The van der Waals surface area contributed by atoms with Gasteiger partial charge in [0, 0.05) is 11.3 Å². The molecule has 1 aliphatic rings. The van der Waals surface area contributed by atoms with Crippen LogP contribution in [0.15, 0.2) is 72.3 Å². The molecule has 4 rings (SSSR count). The number of amides is 1. The first-order chi connectivity index (χ1) is 18.2. The Bertz CT molecular complexity index is 1370. The monoisotopic (exact) mass is 515 g/mol. The summed E-state index contributed by atoms with van der Waals surface area (Å²) in [4.78, 5) is 28.4. The number of hydrogen-bond acceptors (Lipinski definition) is 6. The number of anilines is 1. The van der Waals surface area contributed by atoms with Crippen LogP contribution >= 0.6 is 0 Å². The molecule has 1 amide bonds. The van der Waals surface area contributed by atoms with Gasteiger partial charge >= 0.3 is 0 Å². The van der Waals surface area contributed by atoms with Gasteiger partial charge in [-0.25, -0.2) is 0 Å². The van der Waals surface area contributed by atoms with Crippen molar-refractivity contribution in [2.24, 2.45) is 0 Å². The molecule has 3 aromatic carbocycles. The lowest BCUT2D eigenvalue weighted by molar-refractivity contribution is -0.132. The number of Topliss-reactive ketones (excluding diaryl/α,β-unsaturated/α-hetero) is 1. The molecule has 1 saturated heterocycles. The number of carbonyl (C=O) groups is 2. The Labute approximate surface area is 223 Å². The fraction of sp³-hybridized carbons (Fsp3) is 0.290. The molecule has 0 aromatic heterocycles. The lowest BCUT2D eigenvalue weighted by atomic mass is 9.94. The van der Waals surface area contributed by atoms with Crippen molar-refractivity contribution in [2.75, 3.05) is 19.1 Å². The van der Waals surface area contributed by atoms with Crippen LogP contribution in [0.5, 0.6) is 17.2 Å². The maximum atomic E-state index is 13.5. The normalized spacial score (nSPS) is 16.8. The Kier molecular flexibility index (Phi) is 7.76. The van der Waals surface area contributed by atoms with Crippen LogP contribution in [0.1, 0.15) is 56.3 Å². The Balaban J connectivity index is 1.92. The number of hydrogen-bond donors (Lipinski definition) is 1. The van der Waals surface area contributed by atoms with Gasteiger partial charge in [-0.15, -0.1) is 0 Å². The molecule has 198 valence electrons. The SMILES string of the molecule is COc1ccc(C2/C(=C(/O)c3cccc(OC(C)C)c3)C(=O)C(=O)N2c2ccc(C(C)C)cc2)cc1OC. The standard InChI is InChI=1S/C31H33NO6/c1-18(2)20-10-13-23(14-11-20)32-28(21-12-15-25(36-5)26(17-21)37-6)27(30(34)31(32)35)29(33)22-8-7-9-24(16-22)38-19(3)4/h7-19,28,33H,1-6H3/b29-27-. The summed E-state index contributed by atoms with van der Waals surface area (Å²) >= 11 is 0. The highest BCUT2D eigenvalue weighted by atomic mass is 16.5. The largest absolute Gasteiger partial charge is 0.507 e. The van der Waals surface area contributed by atoms with E-state index in [2.05, 4.69) is 13.8 Å². The third-order valence-electron chi connectivity index (χ3n) is 6.48. The van der Waals surface area contributed by atoms with Gasteiger partial charge in [0.25, 0.3) is 11.7 Å². The van der Waals surface area contributed by atoms with Gasteiger partial charge in [-0.2, -0.15) is 0 Å². The van der Waals surface area contributed by atoms with Crippen LogP contribution in [0.3, 0.4) is 0 Å². The van der Waals surface area contributed by atoms with E-state index in [1.807, 2.05) is 38.1 Å². The molecule has 0 bridgehead atoms. The van der Waals surface area contributed by atoms with Gasteiger partial charge in [-0.05, 0) is 67.3 Å². The number of benzene rings is 3. The molecule has 1 fully saturated rings. The number of rotatable bonds is 8. The van der Waals surface area contributed by atoms with Gasteiger partial charge in [0.05, 0.1) is 31.9 Å². The third kappa shape index (κ3) is 5.09. The lowest BCUT2D eigenvalue weighted by Gasteiger charge is -2.26. The Morgan fingerprint density at radius 3 is 2.16 bits per heavy atom. The second-order valence-electron chi connectivity index (χ2n) is 9.72. The topological polar surface area (TPSA) is 85.3 Å². The molecule has 7 heteroatoms. The molecule has 1 atom stereocenters. The molecule has 38 heavy (non-hydrogen) atoms. The zero-order valence-electron chi connectivity index (χ0n) is 22.5. The summed E-state index contributed by atoms with van der Waals surface area (Å²) in [7, 11) is 3.05. The van der Waals surface area contributed by atoms with Crippen LogP contribution < -0.4 is 19.1 Å². The summed E-state index contributed by atoms with van der Waals surface area (Å²) in [6.07, 6.45) is -0.0708. The average molecular weight is 516 g/mol. The molecule has 1 heterocycles. The Morgan fingerprint density at radius 2 is 1.55 bits per heavy atom. The molecule has 0 spiro atoms.